The summed E-state index contributed by atoms with van der Waals surface area (Å²) >= 11 is 0. The zero-order valence-corrected chi connectivity index (χ0v) is 24.6. The Labute approximate surface area is 253 Å². The number of anilines is 1. The smallest absolute Gasteiger partial charge is 0.258 e. The second-order valence-corrected chi connectivity index (χ2v) is 11.8. The van der Waals surface area contributed by atoms with Crippen molar-refractivity contribution < 1.29 is 14.4 Å². The summed E-state index contributed by atoms with van der Waals surface area (Å²) in [6.45, 7) is 0.790. The molecule has 0 radical (unpaired) electrons. The Bertz CT molecular complexity index is 1580. The van der Waals surface area contributed by atoms with Crippen LogP contribution in [0.5, 0.6) is 0 Å². The fourth-order valence-corrected chi connectivity index (χ4v) is 6.61. The molecule has 0 bridgehead atoms. The normalized spacial score (nSPS) is 15.4. The van der Waals surface area contributed by atoms with Crippen molar-refractivity contribution in [1.82, 2.24) is 10.2 Å². The van der Waals surface area contributed by atoms with Crippen LogP contribution in [0.2, 0.25) is 0 Å². The van der Waals surface area contributed by atoms with E-state index in [0.29, 0.717) is 31.5 Å². The zero-order valence-electron chi connectivity index (χ0n) is 24.6. The average Bonchev–Trinajstić information content (AvgIpc) is 3.32. The van der Waals surface area contributed by atoms with Crippen molar-refractivity contribution in [2.45, 2.75) is 70.0 Å². The Hall–Kier alpha value is -4.45. The summed E-state index contributed by atoms with van der Waals surface area (Å²) in [5, 5.41) is 5.33. The maximum absolute atomic E-state index is 14.1. The number of hydrogen-bond donors (Lipinski definition) is 1. The van der Waals surface area contributed by atoms with Gasteiger partial charge in [-0.05, 0) is 47.9 Å². The number of hydrogen-bond acceptors (Lipinski definition) is 3. The van der Waals surface area contributed by atoms with Gasteiger partial charge in [0.2, 0.25) is 11.8 Å². The Morgan fingerprint density at radius 2 is 1.49 bits per heavy atom. The molecule has 220 valence electrons. The van der Waals surface area contributed by atoms with Gasteiger partial charge < -0.3 is 15.1 Å². The number of rotatable bonds is 11. The highest BCUT2D eigenvalue weighted by Gasteiger charge is 2.33. The van der Waals surface area contributed by atoms with Gasteiger partial charge in [0, 0.05) is 42.9 Å². The molecular weight excluding hydrogens is 534 g/mol. The fourth-order valence-electron chi connectivity index (χ4n) is 6.61. The molecule has 1 aliphatic carbocycles. The molecule has 2 aliphatic rings. The van der Waals surface area contributed by atoms with E-state index in [-0.39, 0.29) is 30.2 Å². The summed E-state index contributed by atoms with van der Waals surface area (Å²) in [6, 6.07) is 31.1. The van der Waals surface area contributed by atoms with Crippen LogP contribution < -0.4 is 10.2 Å². The highest BCUT2D eigenvalue weighted by molar-refractivity contribution is 6.25. The lowest BCUT2D eigenvalue weighted by Gasteiger charge is -2.33. The van der Waals surface area contributed by atoms with Crippen LogP contribution in [0, 0.1) is 0 Å². The Morgan fingerprint density at radius 1 is 0.814 bits per heavy atom. The quantitative estimate of drug-likeness (QED) is 0.218. The van der Waals surface area contributed by atoms with E-state index in [2.05, 4.69) is 5.32 Å². The molecule has 1 aliphatic heterocycles. The van der Waals surface area contributed by atoms with Crippen molar-refractivity contribution in [3.05, 3.63) is 114 Å². The van der Waals surface area contributed by atoms with Crippen LogP contribution in [-0.4, -0.2) is 41.2 Å². The van der Waals surface area contributed by atoms with E-state index in [1.54, 1.807) is 9.80 Å². The van der Waals surface area contributed by atoms with Gasteiger partial charge in [0.1, 0.15) is 6.04 Å². The van der Waals surface area contributed by atoms with Crippen molar-refractivity contribution in [3.63, 3.8) is 0 Å². The first-order valence-electron chi connectivity index (χ1n) is 15.6. The minimum absolute atomic E-state index is 0.0193. The van der Waals surface area contributed by atoms with Gasteiger partial charge in [-0.3, -0.25) is 14.4 Å². The Morgan fingerprint density at radius 3 is 2.21 bits per heavy atom. The van der Waals surface area contributed by atoms with Gasteiger partial charge in [-0.25, -0.2) is 0 Å². The van der Waals surface area contributed by atoms with Crippen LogP contribution >= 0.6 is 0 Å². The van der Waals surface area contributed by atoms with Crippen LogP contribution in [0.25, 0.3) is 10.8 Å². The van der Waals surface area contributed by atoms with Gasteiger partial charge in [0.15, 0.2) is 0 Å². The van der Waals surface area contributed by atoms with Crippen LogP contribution in [0.1, 0.15) is 66.4 Å². The van der Waals surface area contributed by atoms with Crippen molar-refractivity contribution in [2.24, 2.45) is 0 Å². The first kappa shape index (κ1) is 28.7. The topological polar surface area (TPSA) is 69.7 Å². The third-order valence-corrected chi connectivity index (χ3v) is 8.84. The number of nitrogens with zero attached hydrogens (tertiary/aromatic N) is 2. The summed E-state index contributed by atoms with van der Waals surface area (Å²) in [6.07, 6.45) is 6.59. The van der Waals surface area contributed by atoms with Gasteiger partial charge in [-0.2, -0.15) is 0 Å². The molecule has 0 aromatic heterocycles. The lowest BCUT2D eigenvalue weighted by Crippen LogP contribution is -2.52. The van der Waals surface area contributed by atoms with E-state index in [1.807, 2.05) is 97.1 Å². The van der Waals surface area contributed by atoms with E-state index >= 15 is 0 Å². The zero-order chi connectivity index (χ0) is 29.6. The summed E-state index contributed by atoms with van der Waals surface area (Å²) in [7, 11) is 0. The minimum Gasteiger partial charge on any atom is -0.352 e. The Balaban J connectivity index is 1.22. The van der Waals surface area contributed by atoms with E-state index in [9.17, 15) is 14.4 Å². The van der Waals surface area contributed by atoms with Crippen LogP contribution in [-0.2, 0) is 22.6 Å². The van der Waals surface area contributed by atoms with Crippen molar-refractivity contribution in [1.29, 1.82) is 0 Å². The third kappa shape index (κ3) is 6.48. The fraction of sp³-hybridized carbons (Fsp3) is 0.324. The first-order valence-corrected chi connectivity index (χ1v) is 15.6. The van der Waals surface area contributed by atoms with Crippen molar-refractivity contribution in [3.8, 4) is 0 Å². The molecule has 0 saturated heterocycles. The second kappa shape index (κ2) is 13.2. The molecule has 1 saturated carbocycles. The van der Waals surface area contributed by atoms with Crippen molar-refractivity contribution >= 4 is 34.2 Å². The summed E-state index contributed by atoms with van der Waals surface area (Å²) < 4.78 is 0. The van der Waals surface area contributed by atoms with Gasteiger partial charge in [-0.15, -0.1) is 0 Å². The maximum atomic E-state index is 14.1. The Kier molecular flexibility index (Phi) is 8.83. The molecule has 6 heteroatoms. The van der Waals surface area contributed by atoms with E-state index < -0.39 is 6.04 Å². The minimum atomic E-state index is -0.636. The van der Waals surface area contributed by atoms with Crippen LogP contribution in [0.15, 0.2) is 97.1 Å². The van der Waals surface area contributed by atoms with E-state index in [1.165, 1.54) is 6.42 Å². The lowest BCUT2D eigenvalue weighted by molar-refractivity contribution is -0.141. The van der Waals surface area contributed by atoms with E-state index in [0.717, 1.165) is 53.3 Å². The molecule has 43 heavy (non-hydrogen) atoms. The second-order valence-electron chi connectivity index (χ2n) is 11.8. The number of carbonyl (C=O) groups is 3. The highest BCUT2D eigenvalue weighted by atomic mass is 16.2. The molecule has 6 nitrogen and oxygen atoms in total. The van der Waals surface area contributed by atoms with Gasteiger partial charge >= 0.3 is 0 Å². The summed E-state index contributed by atoms with van der Waals surface area (Å²) in [4.78, 5) is 44.9. The molecule has 1 N–H and O–H groups in total. The maximum Gasteiger partial charge on any atom is 0.258 e. The van der Waals surface area contributed by atoms with Gasteiger partial charge in [-0.1, -0.05) is 104 Å². The predicted molar refractivity (Wildman–Crippen MR) is 171 cm³/mol. The molecule has 3 amide bonds. The molecular formula is C37H39N3O3. The molecule has 0 unspecified atom stereocenters. The van der Waals surface area contributed by atoms with Crippen LogP contribution in [0.3, 0.4) is 0 Å². The van der Waals surface area contributed by atoms with E-state index in [4.69, 9.17) is 0 Å². The standard InChI is InChI=1S/C37H39N3O3/c41-34(23-12-24-39-32-22-11-18-29-17-10-21-31(35(29)32)37(39)43)40(26-28-15-6-2-7-16-28)33(25-27-13-4-1-5-14-27)36(42)38-30-19-8-3-9-20-30/h1-2,4-7,10-11,13-18,21-22,30,33H,3,8-9,12,19-20,23-26H2,(H,38,42)/t33-/m1/s1. The van der Waals surface area contributed by atoms with Crippen LogP contribution in [0.4, 0.5) is 5.69 Å². The molecule has 0 spiro atoms. The number of carbonyl (C=O) groups excluding carboxylic acids is 3. The molecule has 4 aromatic carbocycles. The SMILES string of the molecule is O=C(NC1CCCCC1)[C@@H](Cc1ccccc1)N(Cc1ccccc1)C(=O)CCCN1C(=O)c2cccc3cccc1c23. The number of benzene rings is 4. The molecule has 4 aromatic rings. The number of amides is 3. The van der Waals surface area contributed by atoms with Gasteiger partial charge in [0.05, 0.1) is 5.69 Å². The third-order valence-electron chi connectivity index (χ3n) is 8.84. The molecule has 1 heterocycles. The summed E-state index contributed by atoms with van der Waals surface area (Å²) in [5.41, 5.74) is 3.62. The largest absolute Gasteiger partial charge is 0.352 e. The first-order chi connectivity index (χ1) is 21.1. The number of nitrogens with one attached hydrogen (secondary N) is 1. The van der Waals surface area contributed by atoms with Crippen molar-refractivity contribution in [2.75, 3.05) is 11.4 Å². The molecule has 6 rings (SSSR count). The molecule has 1 fully saturated rings. The monoisotopic (exact) mass is 573 g/mol. The average molecular weight is 574 g/mol. The highest BCUT2D eigenvalue weighted by Crippen LogP contribution is 2.37. The van der Waals surface area contributed by atoms with Gasteiger partial charge in [0.25, 0.3) is 5.91 Å². The molecule has 1 atom stereocenters. The lowest BCUT2D eigenvalue weighted by atomic mass is 9.94. The predicted octanol–water partition coefficient (Wildman–Crippen LogP) is 6.67. The summed E-state index contributed by atoms with van der Waals surface area (Å²) in [5.74, 6) is -0.183.